The van der Waals surface area contributed by atoms with Crippen molar-refractivity contribution in [2.24, 2.45) is 7.05 Å². The lowest BCUT2D eigenvalue weighted by Crippen LogP contribution is -2.50. The number of nitriles is 1. The SMILES string of the molecule is CC(C)S(=O)(=O)N1CCN(c2cc(S(=O)(=O)NC3(C#N)CC3)cc3c(-c4nnc(C(F)(F)F)s4)nn(C)c23)CC1. The molecule has 1 aromatic carbocycles. The number of anilines is 1. The molecule has 0 amide bonds. The molecule has 0 radical (unpaired) electrons. The molecule has 18 heteroatoms. The number of rotatable bonds is 7. The molecule has 40 heavy (non-hydrogen) atoms. The van der Waals surface area contributed by atoms with Gasteiger partial charge in [-0.3, -0.25) is 4.68 Å². The van der Waals surface area contributed by atoms with Gasteiger partial charge in [0.15, 0.2) is 5.01 Å². The summed E-state index contributed by atoms with van der Waals surface area (Å²) in [4.78, 5) is 1.61. The van der Waals surface area contributed by atoms with Gasteiger partial charge in [0.25, 0.3) is 0 Å². The number of nitrogens with zero attached hydrogens (tertiary/aromatic N) is 7. The van der Waals surface area contributed by atoms with Crippen LogP contribution >= 0.6 is 11.3 Å². The minimum absolute atomic E-state index is 0.0197. The largest absolute Gasteiger partial charge is 0.445 e. The zero-order valence-corrected chi connectivity index (χ0v) is 24.0. The van der Waals surface area contributed by atoms with E-state index in [0.717, 1.165) is 0 Å². The van der Waals surface area contributed by atoms with E-state index in [9.17, 15) is 35.3 Å². The van der Waals surface area contributed by atoms with E-state index in [0.29, 0.717) is 24.0 Å². The van der Waals surface area contributed by atoms with Crippen molar-refractivity contribution in [3.8, 4) is 16.8 Å². The van der Waals surface area contributed by atoms with Crippen LogP contribution in [-0.2, 0) is 33.3 Å². The number of nitrogens with one attached hydrogen (secondary N) is 1. The van der Waals surface area contributed by atoms with Crippen LogP contribution < -0.4 is 9.62 Å². The van der Waals surface area contributed by atoms with Gasteiger partial charge in [0.05, 0.1) is 27.4 Å². The average Bonchev–Trinajstić information content (AvgIpc) is 3.30. The van der Waals surface area contributed by atoms with Crippen LogP contribution in [0.3, 0.4) is 0 Å². The third-order valence-electron chi connectivity index (χ3n) is 6.90. The third-order valence-corrected chi connectivity index (χ3v) is 11.7. The summed E-state index contributed by atoms with van der Waals surface area (Å²) in [6, 6.07) is 4.69. The van der Waals surface area contributed by atoms with Crippen LogP contribution in [0.5, 0.6) is 0 Å². The van der Waals surface area contributed by atoms with Gasteiger partial charge in [-0.15, -0.1) is 10.2 Å². The summed E-state index contributed by atoms with van der Waals surface area (Å²) < 4.78 is 97.1. The van der Waals surface area contributed by atoms with Crippen LogP contribution in [0.1, 0.15) is 31.7 Å². The number of alkyl halides is 3. The van der Waals surface area contributed by atoms with E-state index in [1.165, 1.54) is 21.1 Å². The van der Waals surface area contributed by atoms with Crippen LogP contribution in [0, 0.1) is 11.3 Å². The zero-order valence-electron chi connectivity index (χ0n) is 21.6. The Bertz CT molecular complexity index is 1730. The standard InChI is InChI=1S/C22H25F3N8O4S3/c1-13(2)40(36,37)33-8-6-32(7-9-33)16-11-14(39(34,35)30-21(12-26)4-5-21)10-15-17(29-31(3)18(15)16)19-27-28-20(38-19)22(23,24)25/h10-11,13,30H,4-9H2,1-3H3. The Morgan fingerprint density at radius 1 is 1.10 bits per heavy atom. The first-order chi connectivity index (χ1) is 18.6. The fraction of sp³-hybridized carbons (Fsp3) is 0.545. The smallest absolute Gasteiger partial charge is 0.367 e. The van der Waals surface area contributed by atoms with E-state index >= 15 is 0 Å². The minimum Gasteiger partial charge on any atom is -0.367 e. The van der Waals surface area contributed by atoms with Crippen LogP contribution in [0.15, 0.2) is 17.0 Å². The van der Waals surface area contributed by atoms with Gasteiger partial charge in [-0.1, -0.05) is 11.3 Å². The maximum absolute atomic E-state index is 13.4. The maximum atomic E-state index is 13.4. The lowest BCUT2D eigenvalue weighted by Gasteiger charge is -2.36. The first kappa shape index (κ1) is 28.7. The molecule has 2 fully saturated rings. The normalized spacial score (nSPS) is 18.4. The molecule has 1 N–H and O–H groups in total. The highest BCUT2D eigenvalue weighted by Gasteiger charge is 2.47. The second kappa shape index (κ2) is 9.62. The van der Waals surface area contributed by atoms with Crippen molar-refractivity contribution in [2.75, 3.05) is 31.1 Å². The van der Waals surface area contributed by atoms with Gasteiger partial charge in [0.1, 0.15) is 11.2 Å². The molecule has 2 aromatic heterocycles. The van der Waals surface area contributed by atoms with Gasteiger partial charge in [0.2, 0.25) is 25.1 Å². The average molecular weight is 619 g/mol. The van der Waals surface area contributed by atoms with Gasteiger partial charge in [-0.05, 0) is 38.8 Å². The number of aromatic nitrogens is 4. The van der Waals surface area contributed by atoms with Crippen molar-refractivity contribution in [3.05, 3.63) is 17.1 Å². The molecule has 0 bridgehead atoms. The van der Waals surface area contributed by atoms with E-state index in [1.807, 2.05) is 11.0 Å². The second-order valence-corrected chi connectivity index (χ2v) is 15.1. The van der Waals surface area contributed by atoms with Crippen molar-refractivity contribution >= 4 is 48.0 Å². The molecular formula is C22H25F3N8O4S3. The summed E-state index contributed by atoms with van der Waals surface area (Å²) in [6.07, 6.45) is -4.00. The Morgan fingerprint density at radius 3 is 2.27 bits per heavy atom. The lowest BCUT2D eigenvalue weighted by molar-refractivity contribution is -0.138. The van der Waals surface area contributed by atoms with Crippen LogP contribution in [0.25, 0.3) is 21.6 Å². The quantitative estimate of drug-likeness (QED) is 0.420. The summed E-state index contributed by atoms with van der Waals surface area (Å²) in [5, 5.41) is 19.0. The molecule has 12 nitrogen and oxygen atoms in total. The Labute approximate surface area is 232 Å². The molecule has 5 rings (SSSR count). The van der Waals surface area contributed by atoms with E-state index in [1.54, 1.807) is 20.9 Å². The summed E-state index contributed by atoms with van der Waals surface area (Å²) in [5.41, 5.74) is -0.350. The van der Waals surface area contributed by atoms with E-state index < -0.39 is 42.0 Å². The van der Waals surface area contributed by atoms with Crippen LogP contribution in [-0.4, -0.2) is 78.1 Å². The monoisotopic (exact) mass is 618 g/mol. The number of aryl methyl sites for hydroxylation is 1. The first-order valence-electron chi connectivity index (χ1n) is 12.2. The maximum Gasteiger partial charge on any atom is 0.445 e. The molecular weight excluding hydrogens is 593 g/mol. The van der Waals surface area contributed by atoms with Crippen LogP contribution in [0.2, 0.25) is 0 Å². The van der Waals surface area contributed by atoms with Gasteiger partial charge in [-0.2, -0.15) is 32.6 Å². The molecule has 0 atom stereocenters. The molecule has 1 saturated heterocycles. The van der Waals surface area contributed by atoms with E-state index in [4.69, 9.17) is 0 Å². The minimum atomic E-state index is -4.71. The predicted octanol–water partition coefficient (Wildman–Crippen LogP) is 2.31. The molecule has 1 aliphatic heterocycles. The highest BCUT2D eigenvalue weighted by molar-refractivity contribution is 7.89. The summed E-state index contributed by atoms with van der Waals surface area (Å²) in [6.45, 7) is 3.97. The number of sulfonamides is 2. The summed E-state index contributed by atoms with van der Waals surface area (Å²) in [5.74, 6) is 0. The molecule has 0 spiro atoms. The topological polar surface area (TPSA) is 154 Å². The van der Waals surface area contributed by atoms with Gasteiger partial charge < -0.3 is 4.90 Å². The van der Waals surface area contributed by atoms with Gasteiger partial charge >= 0.3 is 6.18 Å². The summed E-state index contributed by atoms with van der Waals surface area (Å²) in [7, 11) is -6.16. The van der Waals surface area contributed by atoms with Crippen molar-refractivity contribution in [1.29, 1.82) is 5.26 Å². The Morgan fingerprint density at radius 2 is 1.75 bits per heavy atom. The highest BCUT2D eigenvalue weighted by Crippen LogP contribution is 2.41. The number of benzene rings is 1. The number of hydrogen-bond donors (Lipinski definition) is 1. The third kappa shape index (κ3) is 5.04. The summed E-state index contributed by atoms with van der Waals surface area (Å²) >= 11 is 0.287. The number of piperazine rings is 1. The second-order valence-electron chi connectivity index (χ2n) is 10.0. The van der Waals surface area contributed by atoms with Gasteiger partial charge in [-0.25, -0.2) is 16.8 Å². The van der Waals surface area contributed by atoms with Crippen molar-refractivity contribution in [2.45, 2.75) is 48.5 Å². The number of halogens is 3. The Kier molecular flexibility index (Phi) is 6.89. The molecule has 216 valence electrons. The molecule has 1 saturated carbocycles. The van der Waals surface area contributed by atoms with E-state index in [2.05, 4.69) is 20.0 Å². The molecule has 0 unspecified atom stereocenters. The number of fused-ring (bicyclic) bond motifs is 1. The fourth-order valence-corrected chi connectivity index (χ4v) is 7.91. The Hall–Kier alpha value is -2.85. The predicted molar refractivity (Wildman–Crippen MR) is 140 cm³/mol. The molecule has 2 aliphatic rings. The van der Waals surface area contributed by atoms with Crippen LogP contribution in [0.4, 0.5) is 18.9 Å². The lowest BCUT2D eigenvalue weighted by atomic mass is 10.1. The highest BCUT2D eigenvalue weighted by atomic mass is 32.2. The zero-order chi connectivity index (χ0) is 29.3. The molecule has 3 aromatic rings. The number of hydrogen-bond acceptors (Lipinski definition) is 10. The van der Waals surface area contributed by atoms with Gasteiger partial charge in [0, 0.05) is 38.6 Å². The molecule has 1 aliphatic carbocycles. The van der Waals surface area contributed by atoms with E-state index in [-0.39, 0.29) is 58.5 Å². The van der Waals surface area contributed by atoms with Crippen molar-refractivity contribution < 1.29 is 30.0 Å². The fourth-order valence-electron chi connectivity index (χ4n) is 4.51. The Balaban J connectivity index is 1.63. The first-order valence-corrected chi connectivity index (χ1v) is 16.0. The van der Waals surface area contributed by atoms with Crippen molar-refractivity contribution in [3.63, 3.8) is 0 Å². The molecule has 3 heterocycles. The van der Waals surface area contributed by atoms with Crippen molar-refractivity contribution in [1.82, 2.24) is 29.0 Å².